The quantitative estimate of drug-likeness (QED) is 0.632. The van der Waals surface area contributed by atoms with Crippen molar-refractivity contribution in [2.45, 2.75) is 6.61 Å². The highest BCUT2D eigenvalue weighted by atomic mass is 35.5. The number of ether oxygens (including phenoxy) is 1. The van der Waals surface area contributed by atoms with Gasteiger partial charge < -0.3 is 16.2 Å². The van der Waals surface area contributed by atoms with E-state index in [-0.39, 0.29) is 29.6 Å². The van der Waals surface area contributed by atoms with Gasteiger partial charge in [0.15, 0.2) is 0 Å². The summed E-state index contributed by atoms with van der Waals surface area (Å²) in [5.74, 6) is 0.311. The Morgan fingerprint density at radius 2 is 1.74 bits per heavy atom. The SMILES string of the molecule is N#Cc1c(N)nc(N)nc1-c1cc(Cl)ccc1OCc1c(Cl)cccc1Cl. The molecule has 0 saturated carbocycles. The second-order valence-electron chi connectivity index (χ2n) is 5.43. The number of halogens is 3. The van der Waals surface area contributed by atoms with Crippen molar-refractivity contribution < 1.29 is 4.74 Å². The van der Waals surface area contributed by atoms with Crippen molar-refractivity contribution in [3.63, 3.8) is 0 Å². The molecule has 0 bridgehead atoms. The van der Waals surface area contributed by atoms with E-state index in [1.165, 1.54) is 0 Å². The lowest BCUT2D eigenvalue weighted by Gasteiger charge is -2.14. The van der Waals surface area contributed by atoms with Crippen LogP contribution in [-0.4, -0.2) is 9.97 Å². The minimum atomic E-state index is -0.0680. The smallest absolute Gasteiger partial charge is 0.222 e. The molecule has 0 aliphatic heterocycles. The summed E-state index contributed by atoms with van der Waals surface area (Å²) in [6, 6.07) is 12.1. The van der Waals surface area contributed by atoms with Gasteiger partial charge in [-0.1, -0.05) is 40.9 Å². The van der Waals surface area contributed by atoms with Crippen LogP contribution < -0.4 is 16.2 Å². The molecule has 4 N–H and O–H groups in total. The fourth-order valence-electron chi connectivity index (χ4n) is 2.43. The topological polar surface area (TPSA) is 111 Å². The number of anilines is 2. The van der Waals surface area contributed by atoms with E-state index >= 15 is 0 Å². The van der Waals surface area contributed by atoms with E-state index in [1.54, 1.807) is 36.4 Å². The first-order chi connectivity index (χ1) is 12.9. The van der Waals surface area contributed by atoms with Crippen molar-refractivity contribution in [1.29, 1.82) is 5.26 Å². The number of benzene rings is 2. The van der Waals surface area contributed by atoms with Crippen LogP contribution in [0.4, 0.5) is 11.8 Å². The van der Waals surface area contributed by atoms with E-state index < -0.39 is 0 Å². The number of nitrogen functional groups attached to an aromatic ring is 2. The fraction of sp³-hybridized carbons (Fsp3) is 0.0556. The molecule has 2 aromatic carbocycles. The summed E-state index contributed by atoms with van der Waals surface area (Å²) in [5, 5.41) is 10.8. The third kappa shape index (κ3) is 4.01. The standard InChI is InChI=1S/C18H12Cl3N5O/c19-9-4-5-15(27-8-12-13(20)2-1-3-14(12)21)10(6-9)16-11(7-22)17(23)26-18(24)25-16/h1-6H,8H2,(H4,23,24,25,26). The zero-order valence-electron chi connectivity index (χ0n) is 13.7. The largest absolute Gasteiger partial charge is 0.488 e. The van der Waals surface area contributed by atoms with Crippen LogP contribution in [0.3, 0.4) is 0 Å². The summed E-state index contributed by atoms with van der Waals surface area (Å²) < 4.78 is 5.89. The number of nitrogens with two attached hydrogens (primary N) is 2. The van der Waals surface area contributed by atoms with Gasteiger partial charge in [0.2, 0.25) is 5.95 Å². The van der Waals surface area contributed by atoms with Gasteiger partial charge in [-0.15, -0.1) is 0 Å². The highest BCUT2D eigenvalue weighted by Gasteiger charge is 2.18. The predicted molar refractivity (Wildman–Crippen MR) is 107 cm³/mol. The van der Waals surface area contributed by atoms with E-state index in [9.17, 15) is 5.26 Å². The van der Waals surface area contributed by atoms with Gasteiger partial charge in [-0.25, -0.2) is 4.98 Å². The lowest BCUT2D eigenvalue weighted by atomic mass is 10.1. The van der Waals surface area contributed by atoms with Gasteiger partial charge in [-0.2, -0.15) is 10.2 Å². The molecule has 1 aromatic heterocycles. The highest BCUT2D eigenvalue weighted by molar-refractivity contribution is 6.36. The third-order valence-corrected chi connectivity index (χ3v) is 4.64. The van der Waals surface area contributed by atoms with Crippen molar-refractivity contribution >= 4 is 46.6 Å². The zero-order valence-corrected chi connectivity index (χ0v) is 16.0. The molecule has 0 radical (unpaired) electrons. The van der Waals surface area contributed by atoms with E-state index in [0.29, 0.717) is 31.9 Å². The molecule has 136 valence electrons. The van der Waals surface area contributed by atoms with Crippen LogP contribution in [0.1, 0.15) is 11.1 Å². The first-order valence-corrected chi connectivity index (χ1v) is 8.72. The van der Waals surface area contributed by atoms with Crippen molar-refractivity contribution in [3.8, 4) is 23.1 Å². The van der Waals surface area contributed by atoms with Gasteiger partial charge >= 0.3 is 0 Å². The maximum atomic E-state index is 9.43. The van der Waals surface area contributed by atoms with Crippen LogP contribution in [0.5, 0.6) is 5.75 Å². The minimum Gasteiger partial charge on any atom is -0.488 e. The fourth-order valence-corrected chi connectivity index (χ4v) is 3.11. The first kappa shape index (κ1) is 19.1. The summed E-state index contributed by atoms with van der Waals surface area (Å²) >= 11 is 18.5. The molecule has 0 unspecified atom stereocenters. The molecule has 0 amide bonds. The van der Waals surface area contributed by atoms with Gasteiger partial charge in [-0.3, -0.25) is 0 Å². The molecule has 0 saturated heterocycles. The molecule has 0 aliphatic carbocycles. The normalized spacial score (nSPS) is 10.4. The summed E-state index contributed by atoms with van der Waals surface area (Å²) in [5.41, 5.74) is 12.9. The molecular formula is C18H12Cl3N5O. The van der Waals surface area contributed by atoms with Crippen LogP contribution in [-0.2, 0) is 6.61 Å². The Labute approximate surface area is 170 Å². The molecule has 0 aliphatic rings. The average molecular weight is 421 g/mol. The van der Waals surface area contributed by atoms with Crippen LogP contribution in [0.25, 0.3) is 11.3 Å². The van der Waals surface area contributed by atoms with Gasteiger partial charge in [-0.05, 0) is 30.3 Å². The number of hydrogen-bond donors (Lipinski definition) is 2. The number of hydrogen-bond acceptors (Lipinski definition) is 6. The molecule has 6 nitrogen and oxygen atoms in total. The predicted octanol–water partition coefficient (Wildman–Crippen LogP) is 4.72. The summed E-state index contributed by atoms with van der Waals surface area (Å²) in [7, 11) is 0. The maximum absolute atomic E-state index is 9.43. The van der Waals surface area contributed by atoms with Gasteiger partial charge in [0.1, 0.15) is 29.8 Å². The Balaban J connectivity index is 2.07. The lowest BCUT2D eigenvalue weighted by Crippen LogP contribution is -2.06. The Hall–Kier alpha value is -2.72. The Kier molecular flexibility index (Phi) is 5.57. The maximum Gasteiger partial charge on any atom is 0.222 e. The molecule has 27 heavy (non-hydrogen) atoms. The Bertz CT molecular complexity index is 1050. The monoisotopic (exact) mass is 419 g/mol. The summed E-state index contributed by atoms with van der Waals surface area (Å²) in [6.45, 7) is 0.102. The lowest BCUT2D eigenvalue weighted by molar-refractivity contribution is 0.307. The van der Waals surface area contributed by atoms with E-state index in [0.717, 1.165) is 0 Å². The molecule has 9 heteroatoms. The van der Waals surface area contributed by atoms with Crippen molar-refractivity contribution in [2.75, 3.05) is 11.5 Å². The van der Waals surface area contributed by atoms with E-state index in [1.807, 2.05) is 6.07 Å². The van der Waals surface area contributed by atoms with Crippen molar-refractivity contribution in [1.82, 2.24) is 9.97 Å². The van der Waals surface area contributed by atoms with Crippen LogP contribution in [0, 0.1) is 11.3 Å². The van der Waals surface area contributed by atoms with Gasteiger partial charge in [0.05, 0.1) is 5.69 Å². The number of aromatic nitrogens is 2. The van der Waals surface area contributed by atoms with E-state index in [4.69, 9.17) is 51.0 Å². The highest BCUT2D eigenvalue weighted by Crippen LogP contribution is 2.36. The summed E-state index contributed by atoms with van der Waals surface area (Å²) in [4.78, 5) is 7.95. The molecule has 3 aromatic rings. The van der Waals surface area contributed by atoms with Gasteiger partial charge in [0.25, 0.3) is 0 Å². The molecule has 3 rings (SSSR count). The average Bonchev–Trinajstić information content (AvgIpc) is 2.61. The first-order valence-electron chi connectivity index (χ1n) is 7.59. The molecule has 0 atom stereocenters. The van der Waals surface area contributed by atoms with Crippen LogP contribution >= 0.6 is 34.8 Å². The molecule has 0 fully saturated rings. The third-order valence-electron chi connectivity index (χ3n) is 3.70. The second-order valence-corrected chi connectivity index (χ2v) is 6.68. The van der Waals surface area contributed by atoms with Crippen LogP contribution in [0.15, 0.2) is 36.4 Å². The minimum absolute atomic E-state index is 0.0277. The Morgan fingerprint density at radius 1 is 1.04 bits per heavy atom. The van der Waals surface area contributed by atoms with Crippen molar-refractivity contribution in [2.24, 2.45) is 0 Å². The zero-order chi connectivity index (χ0) is 19.6. The molecule has 0 spiro atoms. The number of nitrogens with zero attached hydrogens (tertiary/aromatic N) is 3. The molecule has 1 heterocycles. The number of rotatable bonds is 4. The van der Waals surface area contributed by atoms with Gasteiger partial charge in [0, 0.05) is 26.2 Å². The van der Waals surface area contributed by atoms with E-state index in [2.05, 4.69) is 9.97 Å². The summed E-state index contributed by atoms with van der Waals surface area (Å²) in [6.07, 6.45) is 0. The van der Waals surface area contributed by atoms with Crippen molar-refractivity contribution in [3.05, 3.63) is 62.6 Å². The number of nitriles is 1. The Morgan fingerprint density at radius 3 is 2.41 bits per heavy atom. The second kappa shape index (κ2) is 7.89. The molecular weight excluding hydrogens is 409 g/mol. The van der Waals surface area contributed by atoms with Crippen LogP contribution in [0.2, 0.25) is 15.1 Å².